The first-order valence-electron chi connectivity index (χ1n) is 7.73. The topological polar surface area (TPSA) is 69.7 Å². The van der Waals surface area contributed by atoms with Gasteiger partial charge in [0.25, 0.3) is 0 Å². The number of para-hydroxylation sites is 1. The SMILES string of the molecule is CCCCN1C(=O)CC[C@H](C(=O)[O-])[C@H]1c1ccccc1OC. The fraction of sp³-hybridized carbons (Fsp3) is 0.529. The van der Waals surface area contributed by atoms with Crippen molar-refractivity contribution >= 4 is 11.9 Å². The minimum atomic E-state index is -1.11. The molecule has 1 aliphatic rings. The van der Waals surface area contributed by atoms with E-state index in [1.54, 1.807) is 18.1 Å². The summed E-state index contributed by atoms with van der Waals surface area (Å²) in [4.78, 5) is 25.6. The molecule has 0 bridgehead atoms. The second-order valence-corrected chi connectivity index (χ2v) is 5.59. The molecule has 1 amide bonds. The van der Waals surface area contributed by atoms with E-state index in [-0.39, 0.29) is 12.3 Å². The van der Waals surface area contributed by atoms with Gasteiger partial charge in [-0.1, -0.05) is 31.5 Å². The Labute approximate surface area is 130 Å². The molecule has 0 saturated carbocycles. The summed E-state index contributed by atoms with van der Waals surface area (Å²) in [6, 6.07) is 6.77. The average Bonchev–Trinajstić information content (AvgIpc) is 2.53. The maximum absolute atomic E-state index is 12.3. The molecule has 0 aliphatic carbocycles. The van der Waals surface area contributed by atoms with Gasteiger partial charge in [0.2, 0.25) is 5.91 Å². The predicted octanol–water partition coefficient (Wildman–Crippen LogP) is 1.52. The molecule has 2 rings (SSSR count). The number of benzene rings is 1. The number of piperidine rings is 1. The van der Waals surface area contributed by atoms with Crippen molar-refractivity contribution in [3.05, 3.63) is 29.8 Å². The molecule has 1 heterocycles. The van der Waals surface area contributed by atoms with E-state index < -0.39 is 17.9 Å². The number of ether oxygens (including phenoxy) is 1. The second kappa shape index (κ2) is 7.29. The largest absolute Gasteiger partial charge is 0.550 e. The molecule has 0 aromatic heterocycles. The van der Waals surface area contributed by atoms with Crippen LogP contribution >= 0.6 is 0 Å². The Balaban J connectivity index is 2.44. The van der Waals surface area contributed by atoms with Crippen molar-refractivity contribution in [2.45, 2.75) is 38.6 Å². The maximum Gasteiger partial charge on any atom is 0.223 e. The number of carbonyl (C=O) groups is 2. The summed E-state index contributed by atoms with van der Waals surface area (Å²) < 4.78 is 5.36. The monoisotopic (exact) mass is 304 g/mol. The number of amides is 1. The minimum Gasteiger partial charge on any atom is -0.550 e. The minimum absolute atomic E-state index is 0.00172. The van der Waals surface area contributed by atoms with Crippen LogP contribution in [0.15, 0.2) is 24.3 Å². The third-order valence-electron chi connectivity index (χ3n) is 4.22. The maximum atomic E-state index is 12.3. The van der Waals surface area contributed by atoms with Crippen molar-refractivity contribution in [1.82, 2.24) is 4.90 Å². The third kappa shape index (κ3) is 3.24. The van der Waals surface area contributed by atoms with E-state index in [0.29, 0.717) is 18.7 Å². The smallest absolute Gasteiger partial charge is 0.223 e. The van der Waals surface area contributed by atoms with E-state index in [2.05, 4.69) is 0 Å². The second-order valence-electron chi connectivity index (χ2n) is 5.59. The highest BCUT2D eigenvalue weighted by Gasteiger charge is 2.38. The molecule has 2 atom stereocenters. The number of carboxylic acids is 1. The number of aliphatic carboxylic acids is 1. The molecule has 120 valence electrons. The van der Waals surface area contributed by atoms with Gasteiger partial charge in [-0.15, -0.1) is 0 Å². The molecule has 0 N–H and O–H groups in total. The Morgan fingerprint density at radius 2 is 2.14 bits per heavy atom. The Hall–Kier alpha value is -2.04. The molecule has 1 fully saturated rings. The lowest BCUT2D eigenvalue weighted by Crippen LogP contribution is -2.49. The Kier molecular flexibility index (Phi) is 5.41. The van der Waals surface area contributed by atoms with Crippen LogP contribution in [0.2, 0.25) is 0 Å². The van der Waals surface area contributed by atoms with E-state index in [9.17, 15) is 14.7 Å². The van der Waals surface area contributed by atoms with Crippen LogP contribution in [-0.2, 0) is 9.59 Å². The van der Waals surface area contributed by atoms with Crippen molar-refractivity contribution in [2.24, 2.45) is 5.92 Å². The number of likely N-dealkylation sites (tertiary alicyclic amines) is 1. The van der Waals surface area contributed by atoms with Crippen LogP contribution in [0.5, 0.6) is 5.75 Å². The van der Waals surface area contributed by atoms with Crippen molar-refractivity contribution in [2.75, 3.05) is 13.7 Å². The van der Waals surface area contributed by atoms with Crippen LogP contribution in [0.4, 0.5) is 0 Å². The molecule has 22 heavy (non-hydrogen) atoms. The number of hydrogen-bond acceptors (Lipinski definition) is 4. The van der Waals surface area contributed by atoms with Gasteiger partial charge in [0.05, 0.1) is 13.2 Å². The third-order valence-corrected chi connectivity index (χ3v) is 4.22. The molecule has 1 aromatic rings. The van der Waals surface area contributed by atoms with Gasteiger partial charge in [0.15, 0.2) is 0 Å². The van der Waals surface area contributed by atoms with Gasteiger partial charge >= 0.3 is 0 Å². The lowest BCUT2D eigenvalue weighted by Gasteiger charge is -2.42. The number of carboxylic acid groups (broad SMARTS) is 1. The predicted molar refractivity (Wildman–Crippen MR) is 80.1 cm³/mol. The number of carbonyl (C=O) groups excluding carboxylic acids is 2. The van der Waals surface area contributed by atoms with Gasteiger partial charge < -0.3 is 19.5 Å². The fourth-order valence-electron chi connectivity index (χ4n) is 3.09. The fourth-order valence-corrected chi connectivity index (χ4v) is 3.09. The van der Waals surface area contributed by atoms with E-state index in [4.69, 9.17) is 4.74 Å². The molecular weight excluding hydrogens is 282 g/mol. The van der Waals surface area contributed by atoms with Crippen LogP contribution in [0.3, 0.4) is 0 Å². The van der Waals surface area contributed by atoms with Crippen LogP contribution in [0, 0.1) is 5.92 Å². The van der Waals surface area contributed by atoms with Gasteiger partial charge in [-0.3, -0.25) is 4.79 Å². The van der Waals surface area contributed by atoms with Crippen LogP contribution in [-0.4, -0.2) is 30.4 Å². The highest BCUT2D eigenvalue weighted by molar-refractivity contribution is 5.81. The highest BCUT2D eigenvalue weighted by atomic mass is 16.5. The summed E-state index contributed by atoms with van der Waals surface area (Å²) in [6.45, 7) is 2.60. The molecular formula is C17H22NO4-. The van der Waals surface area contributed by atoms with E-state index in [0.717, 1.165) is 18.4 Å². The zero-order valence-corrected chi connectivity index (χ0v) is 13.1. The van der Waals surface area contributed by atoms with Gasteiger partial charge in [-0.2, -0.15) is 0 Å². The number of hydrogen-bond donors (Lipinski definition) is 0. The molecule has 0 radical (unpaired) electrons. The van der Waals surface area contributed by atoms with E-state index >= 15 is 0 Å². The lowest BCUT2D eigenvalue weighted by molar-refractivity contribution is -0.314. The standard InChI is InChI=1S/C17H23NO4/c1-3-4-11-18-15(19)10-9-13(17(20)21)16(18)12-7-5-6-8-14(12)22-2/h5-8,13,16H,3-4,9-11H2,1-2H3,(H,20,21)/p-1/t13-,16+/m0/s1. The highest BCUT2D eigenvalue weighted by Crippen LogP contribution is 2.40. The Morgan fingerprint density at radius 1 is 1.41 bits per heavy atom. The van der Waals surface area contributed by atoms with Crippen molar-refractivity contribution in [1.29, 1.82) is 0 Å². The number of methoxy groups -OCH3 is 1. The molecule has 0 unspecified atom stereocenters. The molecule has 5 heteroatoms. The molecule has 1 aromatic carbocycles. The van der Waals surface area contributed by atoms with Gasteiger partial charge in [0, 0.05) is 30.4 Å². The van der Waals surface area contributed by atoms with E-state index in [1.807, 2.05) is 25.1 Å². The van der Waals surface area contributed by atoms with Crippen molar-refractivity contribution < 1.29 is 19.4 Å². The van der Waals surface area contributed by atoms with Crippen LogP contribution in [0.25, 0.3) is 0 Å². The van der Waals surface area contributed by atoms with E-state index in [1.165, 1.54) is 0 Å². The first kappa shape index (κ1) is 16.3. The first-order valence-corrected chi connectivity index (χ1v) is 7.73. The lowest BCUT2D eigenvalue weighted by atomic mass is 9.83. The van der Waals surface area contributed by atoms with Crippen molar-refractivity contribution in [3.63, 3.8) is 0 Å². The van der Waals surface area contributed by atoms with Crippen LogP contribution < -0.4 is 9.84 Å². The number of rotatable bonds is 6. The first-order chi connectivity index (χ1) is 10.6. The summed E-state index contributed by atoms with van der Waals surface area (Å²) in [5.41, 5.74) is 0.739. The summed E-state index contributed by atoms with van der Waals surface area (Å²) >= 11 is 0. The van der Waals surface area contributed by atoms with Gasteiger partial charge in [-0.25, -0.2) is 0 Å². The normalized spacial score (nSPS) is 21.7. The quantitative estimate of drug-likeness (QED) is 0.799. The van der Waals surface area contributed by atoms with Crippen LogP contribution in [0.1, 0.15) is 44.2 Å². The number of nitrogens with zero attached hydrogens (tertiary/aromatic N) is 1. The number of unbranched alkanes of at least 4 members (excludes halogenated alkanes) is 1. The summed E-state index contributed by atoms with van der Waals surface area (Å²) in [5, 5.41) is 11.6. The molecule has 5 nitrogen and oxygen atoms in total. The van der Waals surface area contributed by atoms with Gasteiger partial charge in [0.1, 0.15) is 5.75 Å². The summed E-state index contributed by atoms with van der Waals surface area (Å²) in [5.74, 6) is -1.20. The Bertz CT molecular complexity index is 543. The molecule has 1 aliphatic heterocycles. The molecule has 0 spiro atoms. The zero-order valence-electron chi connectivity index (χ0n) is 13.1. The summed E-state index contributed by atoms with van der Waals surface area (Å²) in [7, 11) is 1.55. The average molecular weight is 304 g/mol. The Morgan fingerprint density at radius 3 is 2.77 bits per heavy atom. The summed E-state index contributed by atoms with van der Waals surface area (Å²) in [6.07, 6.45) is 2.36. The van der Waals surface area contributed by atoms with Gasteiger partial charge in [-0.05, 0) is 18.9 Å². The van der Waals surface area contributed by atoms with Crippen molar-refractivity contribution in [3.8, 4) is 5.75 Å². The zero-order chi connectivity index (χ0) is 16.1. The molecule has 1 saturated heterocycles.